The Labute approximate surface area is 206 Å². The molecule has 34 heavy (non-hydrogen) atoms. The smallest absolute Gasteiger partial charge is 0.240 e. The molecule has 2 aromatic heterocycles. The van der Waals surface area contributed by atoms with Gasteiger partial charge in [-0.2, -0.15) is 9.61 Å². The maximum absolute atomic E-state index is 12.4. The maximum Gasteiger partial charge on any atom is 0.240 e. The summed E-state index contributed by atoms with van der Waals surface area (Å²) >= 11 is 7.39. The number of fused-ring (bicyclic) bond motifs is 1. The molecule has 4 aromatic rings. The van der Waals surface area contributed by atoms with Crippen LogP contribution in [0.25, 0.3) is 5.65 Å². The summed E-state index contributed by atoms with van der Waals surface area (Å²) in [5, 5.41) is 16.7. The first-order valence-electron chi connectivity index (χ1n) is 10.3. The van der Waals surface area contributed by atoms with Gasteiger partial charge < -0.3 is 5.32 Å². The lowest BCUT2D eigenvalue weighted by Crippen LogP contribution is -2.26. The number of benzene rings is 2. The number of hydrogen-bond donors (Lipinski definition) is 2. The Balaban J connectivity index is 1.33. The predicted molar refractivity (Wildman–Crippen MR) is 130 cm³/mol. The second-order valence-corrected chi connectivity index (χ2v) is 10.3. The van der Waals surface area contributed by atoms with Crippen molar-refractivity contribution in [3.8, 4) is 0 Å². The quantitative estimate of drug-likeness (QED) is 0.311. The molecule has 0 aliphatic carbocycles. The molecule has 1 amide bonds. The first kappa shape index (κ1) is 24.1. The van der Waals surface area contributed by atoms with Crippen LogP contribution in [0.3, 0.4) is 0 Å². The second-order valence-electron chi connectivity index (χ2n) is 7.18. The fraction of sp³-hybridized carbons (Fsp3) is 0.182. The number of hydrogen-bond acceptors (Lipinski definition) is 7. The molecule has 0 saturated carbocycles. The molecule has 176 valence electrons. The molecule has 0 saturated heterocycles. The van der Waals surface area contributed by atoms with Gasteiger partial charge in [-0.15, -0.1) is 10.2 Å². The number of nitrogens with one attached hydrogen (secondary N) is 2. The van der Waals surface area contributed by atoms with E-state index < -0.39 is 10.0 Å². The van der Waals surface area contributed by atoms with Crippen molar-refractivity contribution in [3.05, 3.63) is 83.1 Å². The van der Waals surface area contributed by atoms with Crippen LogP contribution in [0.15, 0.2) is 76.7 Å². The first-order chi connectivity index (χ1) is 16.4. The number of sulfonamides is 1. The van der Waals surface area contributed by atoms with E-state index in [1.807, 2.05) is 18.2 Å². The number of carbonyl (C=O) groups is 1. The van der Waals surface area contributed by atoms with Crippen LogP contribution in [0.1, 0.15) is 11.4 Å². The molecule has 4 rings (SSSR count). The van der Waals surface area contributed by atoms with Crippen LogP contribution in [-0.2, 0) is 27.8 Å². The largest absolute Gasteiger partial charge is 0.351 e. The summed E-state index contributed by atoms with van der Waals surface area (Å²) in [4.78, 5) is 12.4. The van der Waals surface area contributed by atoms with Crippen LogP contribution in [-0.4, -0.2) is 46.4 Å². The number of thioether (sulfide) groups is 1. The minimum absolute atomic E-state index is 0.140. The monoisotopic (exact) mass is 516 g/mol. The topological polar surface area (TPSA) is 118 Å². The Morgan fingerprint density at radius 1 is 1.00 bits per heavy atom. The van der Waals surface area contributed by atoms with Crippen molar-refractivity contribution in [2.45, 2.75) is 22.9 Å². The van der Waals surface area contributed by atoms with E-state index in [-0.39, 0.29) is 23.1 Å². The fourth-order valence-electron chi connectivity index (χ4n) is 3.06. The van der Waals surface area contributed by atoms with Crippen molar-refractivity contribution in [1.82, 2.24) is 29.9 Å². The SMILES string of the molecule is O=C(CSc1ccc2nnc(CCNS(=O)(=O)c3ccccc3)n2n1)NCc1ccccc1Cl. The van der Waals surface area contributed by atoms with Gasteiger partial charge in [0.1, 0.15) is 5.03 Å². The maximum atomic E-state index is 12.4. The Hall–Kier alpha value is -2.99. The molecular weight excluding hydrogens is 496 g/mol. The van der Waals surface area contributed by atoms with Crippen molar-refractivity contribution in [1.29, 1.82) is 0 Å². The number of aromatic nitrogens is 4. The van der Waals surface area contributed by atoms with E-state index in [1.165, 1.54) is 23.9 Å². The van der Waals surface area contributed by atoms with Crippen LogP contribution in [0.2, 0.25) is 5.02 Å². The fourth-order valence-corrected chi connectivity index (χ4v) is 5.00. The van der Waals surface area contributed by atoms with E-state index in [0.717, 1.165) is 5.56 Å². The van der Waals surface area contributed by atoms with Crippen LogP contribution >= 0.6 is 23.4 Å². The van der Waals surface area contributed by atoms with Gasteiger partial charge in [0, 0.05) is 24.5 Å². The molecule has 0 fully saturated rings. The minimum Gasteiger partial charge on any atom is -0.351 e. The highest BCUT2D eigenvalue weighted by Gasteiger charge is 2.14. The summed E-state index contributed by atoms with van der Waals surface area (Å²) in [6.45, 7) is 0.488. The molecule has 2 aromatic carbocycles. The predicted octanol–water partition coefficient (Wildman–Crippen LogP) is 2.71. The number of nitrogens with zero attached hydrogens (tertiary/aromatic N) is 4. The van der Waals surface area contributed by atoms with Crippen molar-refractivity contribution >= 4 is 44.9 Å². The van der Waals surface area contributed by atoms with Gasteiger partial charge in [-0.05, 0) is 35.9 Å². The van der Waals surface area contributed by atoms with Gasteiger partial charge in [-0.3, -0.25) is 4.79 Å². The van der Waals surface area contributed by atoms with Gasteiger partial charge in [0.2, 0.25) is 15.9 Å². The number of carbonyl (C=O) groups excluding carboxylic acids is 1. The Morgan fingerprint density at radius 3 is 2.56 bits per heavy atom. The molecule has 0 radical (unpaired) electrons. The van der Waals surface area contributed by atoms with Gasteiger partial charge in [-0.1, -0.05) is 59.8 Å². The summed E-state index contributed by atoms with van der Waals surface area (Å²) < 4.78 is 28.9. The summed E-state index contributed by atoms with van der Waals surface area (Å²) in [5.74, 6) is 0.541. The lowest BCUT2D eigenvalue weighted by molar-refractivity contribution is -0.118. The van der Waals surface area contributed by atoms with E-state index in [2.05, 4.69) is 25.3 Å². The highest BCUT2D eigenvalue weighted by atomic mass is 35.5. The van der Waals surface area contributed by atoms with Gasteiger partial charge >= 0.3 is 0 Å². The Bertz CT molecular complexity index is 1400. The number of rotatable bonds is 10. The van der Waals surface area contributed by atoms with E-state index >= 15 is 0 Å². The molecule has 2 N–H and O–H groups in total. The summed E-state index contributed by atoms with van der Waals surface area (Å²) in [6, 6.07) is 19.0. The van der Waals surface area contributed by atoms with E-state index in [0.29, 0.717) is 34.5 Å². The lowest BCUT2D eigenvalue weighted by Gasteiger charge is -2.07. The van der Waals surface area contributed by atoms with Gasteiger partial charge in [-0.25, -0.2) is 13.1 Å². The summed E-state index contributed by atoms with van der Waals surface area (Å²) in [5.41, 5.74) is 1.38. The van der Waals surface area contributed by atoms with E-state index in [1.54, 1.807) is 40.9 Å². The third kappa shape index (κ3) is 6.11. The third-order valence-corrected chi connectivity index (χ3v) is 7.55. The number of amides is 1. The van der Waals surface area contributed by atoms with Crippen LogP contribution < -0.4 is 10.0 Å². The normalized spacial score (nSPS) is 11.6. The minimum atomic E-state index is -3.61. The van der Waals surface area contributed by atoms with Crippen molar-refractivity contribution in [3.63, 3.8) is 0 Å². The lowest BCUT2D eigenvalue weighted by atomic mass is 10.2. The molecule has 0 aliphatic rings. The average molecular weight is 517 g/mol. The molecule has 9 nitrogen and oxygen atoms in total. The van der Waals surface area contributed by atoms with Gasteiger partial charge in [0.25, 0.3) is 0 Å². The molecule has 12 heteroatoms. The Kier molecular flexibility index (Phi) is 7.78. The number of halogens is 1. The zero-order valence-electron chi connectivity index (χ0n) is 17.9. The Morgan fingerprint density at radius 2 is 1.76 bits per heavy atom. The van der Waals surface area contributed by atoms with Crippen molar-refractivity contribution < 1.29 is 13.2 Å². The van der Waals surface area contributed by atoms with Gasteiger partial charge in [0.15, 0.2) is 11.5 Å². The molecule has 0 bridgehead atoms. The van der Waals surface area contributed by atoms with Crippen molar-refractivity contribution in [2.75, 3.05) is 12.3 Å². The zero-order valence-corrected chi connectivity index (χ0v) is 20.3. The van der Waals surface area contributed by atoms with Crippen LogP contribution in [0, 0.1) is 0 Å². The molecule has 2 heterocycles. The highest BCUT2D eigenvalue weighted by molar-refractivity contribution is 7.99. The summed E-state index contributed by atoms with van der Waals surface area (Å²) in [6.07, 6.45) is 0.298. The van der Waals surface area contributed by atoms with E-state index in [9.17, 15) is 13.2 Å². The first-order valence-corrected chi connectivity index (χ1v) is 13.2. The molecule has 0 atom stereocenters. The van der Waals surface area contributed by atoms with E-state index in [4.69, 9.17) is 11.6 Å². The molecule has 0 unspecified atom stereocenters. The standard InChI is InChI=1S/C22H21ClN6O3S2/c23-18-9-5-4-6-16(18)14-24-21(30)15-33-22-11-10-19-26-27-20(29(19)28-22)12-13-25-34(31,32)17-7-2-1-3-8-17/h1-11,25H,12-15H2,(H,24,30). The van der Waals surface area contributed by atoms with Crippen LogP contribution in [0.4, 0.5) is 0 Å². The average Bonchev–Trinajstić information content (AvgIpc) is 3.25. The third-order valence-electron chi connectivity index (χ3n) is 4.78. The van der Waals surface area contributed by atoms with Gasteiger partial charge in [0.05, 0.1) is 10.6 Å². The summed E-state index contributed by atoms with van der Waals surface area (Å²) in [7, 11) is -3.61. The van der Waals surface area contributed by atoms with Crippen molar-refractivity contribution in [2.24, 2.45) is 0 Å². The van der Waals surface area contributed by atoms with Crippen LogP contribution in [0.5, 0.6) is 0 Å². The zero-order chi connectivity index (χ0) is 24.0. The highest BCUT2D eigenvalue weighted by Crippen LogP contribution is 2.17. The molecule has 0 aliphatic heterocycles. The molecular formula is C22H21ClN6O3S2. The second kappa shape index (κ2) is 11.0. The molecule has 0 spiro atoms.